The van der Waals surface area contributed by atoms with Crippen LogP contribution < -0.4 is 10.5 Å². The van der Waals surface area contributed by atoms with Crippen molar-refractivity contribution in [2.45, 2.75) is 19.8 Å². The highest BCUT2D eigenvalue weighted by Crippen LogP contribution is 2.19. The van der Waals surface area contributed by atoms with Crippen LogP contribution in [0.1, 0.15) is 18.4 Å². The lowest BCUT2D eigenvalue weighted by atomic mass is 9.99. The molecule has 1 atom stereocenters. The Kier molecular flexibility index (Phi) is 4.80. The van der Waals surface area contributed by atoms with E-state index in [2.05, 4.69) is 17.9 Å². The predicted octanol–water partition coefficient (Wildman–Crippen LogP) is 1.57. The number of carbonyl (C=O) groups excluding carboxylic acids is 1. The lowest BCUT2D eigenvalue weighted by Crippen LogP contribution is -2.42. The molecule has 0 bridgehead atoms. The molecule has 1 aromatic carbocycles. The minimum atomic E-state index is -0.250. The van der Waals surface area contributed by atoms with E-state index in [1.54, 1.807) is 0 Å². The summed E-state index contributed by atoms with van der Waals surface area (Å²) < 4.78 is 5.84. The van der Waals surface area contributed by atoms with Crippen molar-refractivity contribution in [3.63, 3.8) is 0 Å². The van der Waals surface area contributed by atoms with E-state index in [0.717, 1.165) is 31.7 Å². The van der Waals surface area contributed by atoms with Crippen molar-refractivity contribution in [2.24, 2.45) is 11.7 Å². The molecular weight excluding hydrogens is 240 g/mol. The maximum Gasteiger partial charge on any atom is 0.231 e. The number of rotatable bonds is 5. The molecule has 1 aromatic rings. The Morgan fingerprint density at radius 2 is 2.37 bits per heavy atom. The number of likely N-dealkylation sites (tertiary alicyclic amines) is 1. The normalized spacial score (nSPS) is 20.2. The average molecular weight is 262 g/mol. The van der Waals surface area contributed by atoms with Crippen LogP contribution in [0.4, 0.5) is 0 Å². The number of hydrogen-bond donors (Lipinski definition) is 1. The van der Waals surface area contributed by atoms with Gasteiger partial charge in [-0.2, -0.15) is 0 Å². The van der Waals surface area contributed by atoms with Gasteiger partial charge in [0.15, 0.2) is 0 Å². The summed E-state index contributed by atoms with van der Waals surface area (Å²) >= 11 is 0. The lowest BCUT2D eigenvalue weighted by molar-refractivity contribution is -0.119. The number of aryl methyl sites for hydroxylation is 1. The molecular formula is C15H22N2O2. The van der Waals surface area contributed by atoms with Gasteiger partial charge in [-0.15, -0.1) is 0 Å². The molecule has 1 fully saturated rings. The first-order valence-electron chi connectivity index (χ1n) is 6.83. The van der Waals surface area contributed by atoms with Gasteiger partial charge in [0.05, 0.1) is 13.2 Å². The van der Waals surface area contributed by atoms with Gasteiger partial charge < -0.3 is 10.5 Å². The van der Waals surface area contributed by atoms with Gasteiger partial charge in [-0.25, -0.2) is 0 Å². The van der Waals surface area contributed by atoms with Crippen molar-refractivity contribution in [2.75, 3.05) is 26.2 Å². The largest absolute Gasteiger partial charge is 0.493 e. The SMILES string of the molecule is Cc1cccc(OC[C@H]2CCCN(CC(N)=O)C2)c1. The Balaban J connectivity index is 1.81. The monoisotopic (exact) mass is 262 g/mol. The molecule has 0 spiro atoms. The second kappa shape index (κ2) is 6.57. The molecule has 4 nitrogen and oxygen atoms in total. The highest BCUT2D eigenvalue weighted by molar-refractivity contribution is 5.75. The maximum atomic E-state index is 10.9. The molecule has 104 valence electrons. The molecule has 0 aromatic heterocycles. The molecule has 0 aliphatic carbocycles. The van der Waals surface area contributed by atoms with Gasteiger partial charge in [0.1, 0.15) is 5.75 Å². The van der Waals surface area contributed by atoms with Crippen molar-refractivity contribution in [1.29, 1.82) is 0 Å². The quantitative estimate of drug-likeness (QED) is 0.876. The standard InChI is InChI=1S/C15H22N2O2/c1-12-4-2-6-14(8-12)19-11-13-5-3-7-17(9-13)10-15(16)18/h2,4,6,8,13H,3,5,7,9-11H2,1H3,(H2,16,18)/t13-/m0/s1. The number of piperidine rings is 1. The number of ether oxygens (including phenoxy) is 1. The first kappa shape index (κ1) is 13.9. The van der Waals surface area contributed by atoms with Gasteiger partial charge in [0.25, 0.3) is 0 Å². The molecule has 2 N–H and O–H groups in total. The van der Waals surface area contributed by atoms with Crippen molar-refractivity contribution in [3.05, 3.63) is 29.8 Å². The van der Waals surface area contributed by atoms with E-state index in [0.29, 0.717) is 19.1 Å². The summed E-state index contributed by atoms with van der Waals surface area (Å²) in [6.07, 6.45) is 2.26. The maximum absolute atomic E-state index is 10.9. The summed E-state index contributed by atoms with van der Waals surface area (Å²) in [7, 11) is 0. The summed E-state index contributed by atoms with van der Waals surface area (Å²) in [5.74, 6) is 1.15. The molecule has 2 rings (SSSR count). The van der Waals surface area contributed by atoms with Crippen LogP contribution in [0.3, 0.4) is 0 Å². The van der Waals surface area contributed by atoms with Crippen LogP contribution in [-0.4, -0.2) is 37.0 Å². The third-order valence-corrected chi connectivity index (χ3v) is 3.46. The fourth-order valence-electron chi connectivity index (χ4n) is 2.57. The fraction of sp³-hybridized carbons (Fsp3) is 0.533. The highest BCUT2D eigenvalue weighted by Gasteiger charge is 2.21. The first-order valence-corrected chi connectivity index (χ1v) is 6.83. The summed E-state index contributed by atoms with van der Waals surface area (Å²) in [6, 6.07) is 8.09. The zero-order chi connectivity index (χ0) is 13.7. The van der Waals surface area contributed by atoms with Gasteiger partial charge in [-0.3, -0.25) is 9.69 Å². The minimum absolute atomic E-state index is 0.250. The molecule has 0 saturated carbocycles. The van der Waals surface area contributed by atoms with E-state index in [4.69, 9.17) is 10.5 Å². The van der Waals surface area contributed by atoms with Crippen LogP contribution in [0.2, 0.25) is 0 Å². The Morgan fingerprint density at radius 3 is 3.11 bits per heavy atom. The van der Waals surface area contributed by atoms with Gasteiger partial charge in [-0.1, -0.05) is 12.1 Å². The molecule has 19 heavy (non-hydrogen) atoms. The summed E-state index contributed by atoms with van der Waals surface area (Å²) in [5.41, 5.74) is 6.44. The first-order chi connectivity index (χ1) is 9.13. The number of primary amides is 1. The van der Waals surface area contributed by atoms with E-state index in [1.807, 2.05) is 18.2 Å². The zero-order valence-corrected chi connectivity index (χ0v) is 11.5. The minimum Gasteiger partial charge on any atom is -0.493 e. The fourth-order valence-corrected chi connectivity index (χ4v) is 2.57. The number of nitrogens with two attached hydrogens (primary N) is 1. The van der Waals surface area contributed by atoms with Crippen LogP contribution in [0.25, 0.3) is 0 Å². The van der Waals surface area contributed by atoms with Crippen molar-refractivity contribution in [1.82, 2.24) is 4.90 Å². The Labute approximate surface area is 114 Å². The predicted molar refractivity (Wildman–Crippen MR) is 75.0 cm³/mol. The Bertz CT molecular complexity index is 434. The average Bonchev–Trinajstić information content (AvgIpc) is 2.36. The topological polar surface area (TPSA) is 55.6 Å². The third-order valence-electron chi connectivity index (χ3n) is 3.46. The van der Waals surface area contributed by atoms with Gasteiger partial charge in [0, 0.05) is 12.5 Å². The van der Waals surface area contributed by atoms with E-state index < -0.39 is 0 Å². The highest BCUT2D eigenvalue weighted by atomic mass is 16.5. The van der Waals surface area contributed by atoms with Gasteiger partial charge >= 0.3 is 0 Å². The van der Waals surface area contributed by atoms with Crippen LogP contribution >= 0.6 is 0 Å². The van der Waals surface area contributed by atoms with E-state index in [1.165, 1.54) is 5.56 Å². The molecule has 0 radical (unpaired) electrons. The smallest absolute Gasteiger partial charge is 0.231 e. The van der Waals surface area contributed by atoms with Gasteiger partial charge in [-0.05, 0) is 44.0 Å². The second-order valence-electron chi connectivity index (χ2n) is 5.34. The van der Waals surface area contributed by atoms with Crippen LogP contribution in [0.5, 0.6) is 5.75 Å². The number of benzene rings is 1. The molecule has 1 heterocycles. The second-order valence-corrected chi connectivity index (χ2v) is 5.34. The molecule has 1 aliphatic heterocycles. The number of amides is 1. The summed E-state index contributed by atoms with van der Waals surface area (Å²) in [5, 5.41) is 0. The number of nitrogens with zero attached hydrogens (tertiary/aromatic N) is 1. The van der Waals surface area contributed by atoms with Crippen LogP contribution in [0, 0.1) is 12.8 Å². The van der Waals surface area contributed by atoms with E-state index >= 15 is 0 Å². The van der Waals surface area contributed by atoms with E-state index in [-0.39, 0.29) is 5.91 Å². The Morgan fingerprint density at radius 1 is 1.53 bits per heavy atom. The molecule has 1 amide bonds. The number of hydrogen-bond acceptors (Lipinski definition) is 3. The van der Waals surface area contributed by atoms with Crippen LogP contribution in [-0.2, 0) is 4.79 Å². The third kappa shape index (κ3) is 4.56. The summed E-state index contributed by atoms with van der Waals surface area (Å²) in [4.78, 5) is 13.1. The van der Waals surface area contributed by atoms with Gasteiger partial charge in [0.2, 0.25) is 5.91 Å². The summed E-state index contributed by atoms with van der Waals surface area (Å²) in [6.45, 7) is 4.99. The van der Waals surface area contributed by atoms with Crippen molar-refractivity contribution < 1.29 is 9.53 Å². The zero-order valence-electron chi connectivity index (χ0n) is 11.5. The molecule has 4 heteroatoms. The number of carbonyl (C=O) groups is 1. The van der Waals surface area contributed by atoms with Crippen molar-refractivity contribution >= 4 is 5.91 Å². The molecule has 1 aliphatic rings. The molecule has 0 unspecified atom stereocenters. The molecule has 1 saturated heterocycles. The van der Waals surface area contributed by atoms with Crippen molar-refractivity contribution in [3.8, 4) is 5.75 Å². The lowest BCUT2D eigenvalue weighted by Gasteiger charge is -2.31. The van der Waals surface area contributed by atoms with Crippen LogP contribution in [0.15, 0.2) is 24.3 Å². The van der Waals surface area contributed by atoms with E-state index in [9.17, 15) is 4.79 Å². The Hall–Kier alpha value is -1.55.